The fraction of sp³-hybridized carbons (Fsp3) is 1.00. The summed E-state index contributed by atoms with van der Waals surface area (Å²) in [5.74, 6) is 0. The van der Waals surface area contributed by atoms with E-state index < -0.39 is 0 Å². The second kappa shape index (κ2) is 3.38. The monoisotopic (exact) mass is 141 g/mol. The maximum atomic E-state index is 2.60. The van der Waals surface area contributed by atoms with Gasteiger partial charge in [0.15, 0.2) is 0 Å². The van der Waals surface area contributed by atoms with Crippen molar-refractivity contribution in [3.8, 4) is 0 Å². The van der Waals surface area contributed by atoms with E-state index in [1.807, 2.05) is 0 Å². The minimum absolute atomic E-state index is 0.746. The van der Waals surface area contributed by atoms with Crippen molar-refractivity contribution in [1.82, 2.24) is 4.90 Å². The van der Waals surface area contributed by atoms with Crippen molar-refractivity contribution in [3.05, 3.63) is 0 Å². The highest BCUT2D eigenvalue weighted by Gasteiger charge is 2.19. The topological polar surface area (TPSA) is 3.24 Å². The summed E-state index contributed by atoms with van der Waals surface area (Å²) in [6, 6.07) is 1.57. The first-order valence-corrected chi connectivity index (χ1v) is 4.47. The molecular weight excluding hydrogens is 122 g/mol. The Kier molecular flexibility index (Phi) is 2.72. The molecule has 0 aromatic rings. The zero-order valence-corrected chi connectivity index (χ0v) is 7.43. The SMILES string of the molecule is CC(C)N1CCCC[C@@H]1C. The van der Waals surface area contributed by atoms with Gasteiger partial charge in [-0.15, -0.1) is 0 Å². The lowest BCUT2D eigenvalue weighted by atomic mass is 10.0. The summed E-state index contributed by atoms with van der Waals surface area (Å²) in [5, 5.41) is 0. The van der Waals surface area contributed by atoms with Crippen molar-refractivity contribution in [2.24, 2.45) is 0 Å². The highest BCUT2D eigenvalue weighted by Crippen LogP contribution is 2.18. The third-order valence-electron chi connectivity index (χ3n) is 2.52. The molecule has 1 aliphatic rings. The third-order valence-corrected chi connectivity index (χ3v) is 2.52. The summed E-state index contributed by atoms with van der Waals surface area (Å²) in [4.78, 5) is 2.60. The second-order valence-electron chi connectivity index (χ2n) is 3.68. The zero-order chi connectivity index (χ0) is 7.56. The van der Waals surface area contributed by atoms with Crippen LogP contribution in [0.2, 0.25) is 0 Å². The maximum Gasteiger partial charge on any atom is 0.00696 e. The summed E-state index contributed by atoms with van der Waals surface area (Å²) in [7, 11) is 0. The van der Waals surface area contributed by atoms with Crippen LogP contribution in [0.15, 0.2) is 0 Å². The van der Waals surface area contributed by atoms with Gasteiger partial charge in [0, 0.05) is 12.1 Å². The molecule has 1 saturated heterocycles. The van der Waals surface area contributed by atoms with Crippen LogP contribution in [0.25, 0.3) is 0 Å². The molecule has 1 heterocycles. The van der Waals surface area contributed by atoms with Crippen LogP contribution in [0, 0.1) is 0 Å². The van der Waals surface area contributed by atoms with Crippen LogP contribution in [-0.2, 0) is 0 Å². The van der Waals surface area contributed by atoms with Crippen molar-refractivity contribution in [2.75, 3.05) is 6.54 Å². The van der Waals surface area contributed by atoms with Gasteiger partial charge in [0.1, 0.15) is 0 Å². The van der Waals surface area contributed by atoms with E-state index in [0.29, 0.717) is 0 Å². The van der Waals surface area contributed by atoms with Crippen LogP contribution in [0.4, 0.5) is 0 Å². The summed E-state index contributed by atoms with van der Waals surface area (Å²) in [6.45, 7) is 8.25. The molecule has 10 heavy (non-hydrogen) atoms. The van der Waals surface area contributed by atoms with Crippen molar-refractivity contribution in [1.29, 1.82) is 0 Å². The molecule has 0 unspecified atom stereocenters. The van der Waals surface area contributed by atoms with Crippen LogP contribution in [0.5, 0.6) is 0 Å². The number of nitrogens with zero attached hydrogens (tertiary/aromatic N) is 1. The van der Waals surface area contributed by atoms with E-state index in [0.717, 1.165) is 12.1 Å². The summed E-state index contributed by atoms with van der Waals surface area (Å²) in [5.41, 5.74) is 0. The third kappa shape index (κ3) is 1.72. The van der Waals surface area contributed by atoms with E-state index >= 15 is 0 Å². The quantitative estimate of drug-likeness (QED) is 0.541. The molecule has 1 heteroatoms. The number of likely N-dealkylation sites (tertiary alicyclic amines) is 1. The first-order chi connectivity index (χ1) is 4.72. The highest BCUT2D eigenvalue weighted by molar-refractivity contribution is 4.75. The number of rotatable bonds is 1. The summed E-state index contributed by atoms with van der Waals surface area (Å²) < 4.78 is 0. The minimum atomic E-state index is 0.746. The Morgan fingerprint density at radius 3 is 2.40 bits per heavy atom. The molecule has 1 atom stereocenters. The van der Waals surface area contributed by atoms with Crippen molar-refractivity contribution in [2.45, 2.75) is 52.1 Å². The molecule has 0 aliphatic carbocycles. The number of hydrogen-bond donors (Lipinski definition) is 0. The van der Waals surface area contributed by atoms with E-state index in [-0.39, 0.29) is 0 Å². The molecular formula is C9H19N. The number of piperidine rings is 1. The highest BCUT2D eigenvalue weighted by atomic mass is 15.2. The molecule has 1 aliphatic heterocycles. The van der Waals surface area contributed by atoms with Crippen LogP contribution < -0.4 is 0 Å². The van der Waals surface area contributed by atoms with Crippen molar-refractivity contribution < 1.29 is 0 Å². The van der Waals surface area contributed by atoms with Gasteiger partial charge in [0.05, 0.1) is 0 Å². The molecule has 0 aromatic carbocycles. The van der Waals surface area contributed by atoms with Gasteiger partial charge in [-0.3, -0.25) is 4.90 Å². The number of hydrogen-bond acceptors (Lipinski definition) is 1. The molecule has 0 saturated carbocycles. The molecule has 1 rings (SSSR count). The van der Waals surface area contributed by atoms with E-state index in [9.17, 15) is 0 Å². The van der Waals surface area contributed by atoms with Crippen molar-refractivity contribution >= 4 is 0 Å². The average Bonchev–Trinajstić information content (AvgIpc) is 1.88. The zero-order valence-electron chi connectivity index (χ0n) is 7.43. The first-order valence-electron chi connectivity index (χ1n) is 4.47. The molecule has 0 N–H and O–H groups in total. The Morgan fingerprint density at radius 2 is 2.00 bits per heavy atom. The minimum Gasteiger partial charge on any atom is -0.298 e. The van der Waals surface area contributed by atoms with Crippen LogP contribution in [0.3, 0.4) is 0 Å². The van der Waals surface area contributed by atoms with Crippen LogP contribution in [0.1, 0.15) is 40.0 Å². The first kappa shape index (κ1) is 8.06. The Labute approximate surface area is 64.4 Å². The van der Waals surface area contributed by atoms with E-state index in [1.54, 1.807) is 0 Å². The van der Waals surface area contributed by atoms with Gasteiger partial charge in [-0.25, -0.2) is 0 Å². The van der Waals surface area contributed by atoms with Crippen LogP contribution in [-0.4, -0.2) is 23.5 Å². The van der Waals surface area contributed by atoms with Gasteiger partial charge in [0.25, 0.3) is 0 Å². The predicted octanol–water partition coefficient (Wildman–Crippen LogP) is 2.27. The van der Waals surface area contributed by atoms with Gasteiger partial charge in [-0.1, -0.05) is 6.42 Å². The Hall–Kier alpha value is -0.0400. The Bertz CT molecular complexity index is 98.9. The predicted molar refractivity (Wildman–Crippen MR) is 45.2 cm³/mol. The molecule has 1 nitrogen and oxygen atoms in total. The lowest BCUT2D eigenvalue weighted by Crippen LogP contribution is -2.41. The summed E-state index contributed by atoms with van der Waals surface area (Å²) >= 11 is 0. The fourth-order valence-electron chi connectivity index (χ4n) is 1.89. The average molecular weight is 141 g/mol. The van der Waals surface area contributed by atoms with Gasteiger partial charge in [-0.05, 0) is 40.2 Å². The molecule has 60 valence electrons. The fourth-order valence-corrected chi connectivity index (χ4v) is 1.89. The van der Waals surface area contributed by atoms with E-state index in [2.05, 4.69) is 25.7 Å². The molecule has 0 radical (unpaired) electrons. The van der Waals surface area contributed by atoms with Crippen LogP contribution >= 0.6 is 0 Å². The molecule has 1 fully saturated rings. The van der Waals surface area contributed by atoms with E-state index in [1.165, 1.54) is 25.8 Å². The summed E-state index contributed by atoms with van der Waals surface area (Å²) in [6.07, 6.45) is 4.24. The normalized spacial score (nSPS) is 29.4. The lowest BCUT2D eigenvalue weighted by Gasteiger charge is -2.36. The lowest BCUT2D eigenvalue weighted by molar-refractivity contribution is 0.123. The molecule has 0 bridgehead atoms. The van der Waals surface area contributed by atoms with Gasteiger partial charge in [-0.2, -0.15) is 0 Å². The van der Waals surface area contributed by atoms with Gasteiger partial charge >= 0.3 is 0 Å². The smallest absolute Gasteiger partial charge is 0.00696 e. The Morgan fingerprint density at radius 1 is 1.30 bits per heavy atom. The molecule has 0 amide bonds. The largest absolute Gasteiger partial charge is 0.298 e. The maximum absolute atomic E-state index is 2.60. The van der Waals surface area contributed by atoms with Gasteiger partial charge in [0.2, 0.25) is 0 Å². The standard InChI is InChI=1S/C9H19N/c1-8(2)10-7-5-4-6-9(10)3/h8-9H,4-7H2,1-3H3/t9-/m0/s1. The van der Waals surface area contributed by atoms with E-state index in [4.69, 9.17) is 0 Å². The second-order valence-corrected chi connectivity index (χ2v) is 3.68. The Balaban J connectivity index is 2.40. The molecule has 0 spiro atoms. The molecule has 0 aromatic heterocycles. The van der Waals surface area contributed by atoms with Gasteiger partial charge < -0.3 is 0 Å². The van der Waals surface area contributed by atoms with Crippen molar-refractivity contribution in [3.63, 3.8) is 0 Å².